The fourth-order valence-corrected chi connectivity index (χ4v) is 1.69. The molecule has 0 spiro atoms. The Morgan fingerprint density at radius 2 is 2.17 bits per heavy atom. The van der Waals surface area contributed by atoms with Gasteiger partial charge in [0.05, 0.1) is 31.1 Å². The standard InChI is InChI=1S/C11H13N3O4/c1-6-2-13-8(3-12-6)10(15)14-9-5-18-4-7(9)11(16)17/h2-3,7,9H,4-5H2,1H3,(H,14,15)(H,16,17). The second-order valence-electron chi connectivity index (χ2n) is 4.11. The van der Waals surface area contributed by atoms with Crippen molar-refractivity contribution in [1.29, 1.82) is 0 Å². The van der Waals surface area contributed by atoms with Gasteiger partial charge in [-0.2, -0.15) is 0 Å². The van der Waals surface area contributed by atoms with Crippen LogP contribution in [0.4, 0.5) is 0 Å². The number of aryl methyl sites for hydroxylation is 1. The van der Waals surface area contributed by atoms with Gasteiger partial charge < -0.3 is 15.2 Å². The highest BCUT2D eigenvalue weighted by atomic mass is 16.5. The molecule has 18 heavy (non-hydrogen) atoms. The molecule has 1 aliphatic rings. The van der Waals surface area contributed by atoms with E-state index >= 15 is 0 Å². The first-order valence-corrected chi connectivity index (χ1v) is 5.48. The fraction of sp³-hybridized carbons (Fsp3) is 0.455. The number of aliphatic carboxylic acids is 1. The molecular weight excluding hydrogens is 238 g/mol. The van der Waals surface area contributed by atoms with Crippen LogP contribution in [-0.4, -0.2) is 46.2 Å². The molecule has 1 saturated heterocycles. The summed E-state index contributed by atoms with van der Waals surface area (Å²) < 4.78 is 5.06. The first-order chi connectivity index (χ1) is 8.58. The molecule has 1 aliphatic heterocycles. The van der Waals surface area contributed by atoms with Crippen molar-refractivity contribution < 1.29 is 19.4 Å². The number of hydrogen-bond acceptors (Lipinski definition) is 5. The SMILES string of the molecule is Cc1cnc(C(=O)NC2COCC2C(=O)O)cn1. The molecule has 1 amide bonds. The summed E-state index contributed by atoms with van der Waals surface area (Å²) in [6.07, 6.45) is 2.84. The number of amides is 1. The predicted molar refractivity (Wildman–Crippen MR) is 60.0 cm³/mol. The molecule has 2 rings (SSSR count). The van der Waals surface area contributed by atoms with Crippen LogP contribution in [0.1, 0.15) is 16.2 Å². The van der Waals surface area contributed by atoms with E-state index < -0.39 is 23.8 Å². The van der Waals surface area contributed by atoms with Gasteiger partial charge in [-0.15, -0.1) is 0 Å². The van der Waals surface area contributed by atoms with Crippen LogP contribution >= 0.6 is 0 Å². The first-order valence-electron chi connectivity index (χ1n) is 5.48. The molecule has 2 atom stereocenters. The smallest absolute Gasteiger partial charge is 0.311 e. The molecule has 2 heterocycles. The Kier molecular flexibility index (Phi) is 3.52. The number of aromatic nitrogens is 2. The van der Waals surface area contributed by atoms with Crippen LogP contribution in [0.2, 0.25) is 0 Å². The molecule has 0 aliphatic carbocycles. The summed E-state index contributed by atoms with van der Waals surface area (Å²) in [6.45, 7) is 2.07. The summed E-state index contributed by atoms with van der Waals surface area (Å²) in [5.74, 6) is -2.13. The van der Waals surface area contributed by atoms with Crippen LogP contribution < -0.4 is 5.32 Å². The van der Waals surface area contributed by atoms with Crippen molar-refractivity contribution in [3.63, 3.8) is 0 Å². The van der Waals surface area contributed by atoms with Crippen molar-refractivity contribution in [1.82, 2.24) is 15.3 Å². The third-order valence-corrected chi connectivity index (χ3v) is 2.73. The van der Waals surface area contributed by atoms with Crippen LogP contribution in [0.15, 0.2) is 12.4 Å². The molecule has 1 aromatic rings. The van der Waals surface area contributed by atoms with E-state index in [1.807, 2.05) is 0 Å². The maximum atomic E-state index is 11.8. The van der Waals surface area contributed by atoms with E-state index in [1.54, 1.807) is 6.92 Å². The normalized spacial score (nSPS) is 22.7. The van der Waals surface area contributed by atoms with Crippen LogP contribution in [-0.2, 0) is 9.53 Å². The summed E-state index contributed by atoms with van der Waals surface area (Å²) in [7, 11) is 0. The Balaban J connectivity index is 2.03. The third kappa shape index (κ3) is 2.62. The largest absolute Gasteiger partial charge is 0.481 e. The molecule has 2 unspecified atom stereocenters. The van der Waals surface area contributed by atoms with Crippen molar-refractivity contribution >= 4 is 11.9 Å². The van der Waals surface area contributed by atoms with Gasteiger partial charge in [0.25, 0.3) is 5.91 Å². The summed E-state index contributed by atoms with van der Waals surface area (Å²) in [5.41, 5.74) is 0.871. The minimum Gasteiger partial charge on any atom is -0.481 e. The lowest BCUT2D eigenvalue weighted by Gasteiger charge is -2.15. The summed E-state index contributed by atoms with van der Waals surface area (Å²) in [6, 6.07) is -0.530. The Labute approximate surface area is 103 Å². The van der Waals surface area contributed by atoms with Gasteiger partial charge in [-0.25, -0.2) is 4.98 Å². The van der Waals surface area contributed by atoms with Gasteiger partial charge in [0.2, 0.25) is 0 Å². The minimum absolute atomic E-state index is 0.111. The lowest BCUT2D eigenvalue weighted by molar-refractivity contribution is -0.142. The van der Waals surface area contributed by atoms with E-state index in [0.29, 0.717) is 5.69 Å². The molecule has 2 N–H and O–H groups in total. The van der Waals surface area contributed by atoms with Gasteiger partial charge in [-0.05, 0) is 6.92 Å². The van der Waals surface area contributed by atoms with Gasteiger partial charge in [0.1, 0.15) is 11.6 Å². The Morgan fingerprint density at radius 3 is 2.78 bits per heavy atom. The highest BCUT2D eigenvalue weighted by Gasteiger charge is 2.35. The molecule has 0 aromatic carbocycles. The molecule has 0 radical (unpaired) electrons. The lowest BCUT2D eigenvalue weighted by Crippen LogP contribution is -2.43. The van der Waals surface area contributed by atoms with E-state index in [1.165, 1.54) is 12.4 Å². The lowest BCUT2D eigenvalue weighted by atomic mass is 10.0. The monoisotopic (exact) mass is 251 g/mol. The van der Waals surface area contributed by atoms with Crippen molar-refractivity contribution in [2.24, 2.45) is 5.92 Å². The second kappa shape index (κ2) is 5.09. The van der Waals surface area contributed by atoms with Crippen molar-refractivity contribution in [3.05, 3.63) is 23.8 Å². The number of carbonyl (C=O) groups excluding carboxylic acids is 1. The molecule has 7 heteroatoms. The summed E-state index contributed by atoms with van der Waals surface area (Å²) in [5, 5.41) is 11.5. The number of carboxylic acids is 1. The van der Waals surface area contributed by atoms with Gasteiger partial charge in [0.15, 0.2) is 0 Å². The van der Waals surface area contributed by atoms with Crippen LogP contribution in [0, 0.1) is 12.8 Å². The molecule has 7 nitrogen and oxygen atoms in total. The third-order valence-electron chi connectivity index (χ3n) is 2.73. The number of rotatable bonds is 3. The molecule has 96 valence electrons. The average Bonchev–Trinajstić information content (AvgIpc) is 2.78. The van der Waals surface area contributed by atoms with Crippen LogP contribution in [0.5, 0.6) is 0 Å². The molecule has 1 fully saturated rings. The van der Waals surface area contributed by atoms with E-state index in [0.717, 1.165) is 0 Å². The van der Waals surface area contributed by atoms with Crippen LogP contribution in [0.3, 0.4) is 0 Å². The van der Waals surface area contributed by atoms with Crippen molar-refractivity contribution in [2.45, 2.75) is 13.0 Å². The van der Waals surface area contributed by atoms with Crippen molar-refractivity contribution in [2.75, 3.05) is 13.2 Å². The summed E-state index contributed by atoms with van der Waals surface area (Å²) >= 11 is 0. The van der Waals surface area contributed by atoms with Crippen molar-refractivity contribution in [3.8, 4) is 0 Å². The molecule has 0 bridgehead atoms. The minimum atomic E-state index is -0.979. The van der Waals surface area contributed by atoms with Gasteiger partial charge in [-0.3, -0.25) is 14.6 Å². The number of hydrogen-bond donors (Lipinski definition) is 2. The van der Waals surface area contributed by atoms with E-state index in [-0.39, 0.29) is 18.9 Å². The van der Waals surface area contributed by atoms with Gasteiger partial charge in [-0.1, -0.05) is 0 Å². The number of ether oxygens (including phenoxy) is 1. The Hall–Kier alpha value is -2.02. The average molecular weight is 251 g/mol. The number of carbonyl (C=O) groups is 2. The quantitative estimate of drug-likeness (QED) is 0.759. The Morgan fingerprint density at radius 1 is 1.39 bits per heavy atom. The highest BCUT2D eigenvalue weighted by Crippen LogP contribution is 2.14. The van der Waals surface area contributed by atoms with Gasteiger partial charge in [0, 0.05) is 6.20 Å². The fourth-order valence-electron chi connectivity index (χ4n) is 1.69. The topological polar surface area (TPSA) is 101 Å². The first kappa shape index (κ1) is 12.4. The number of nitrogens with zero attached hydrogens (tertiary/aromatic N) is 2. The van der Waals surface area contributed by atoms with E-state index in [2.05, 4.69) is 15.3 Å². The maximum Gasteiger partial charge on any atom is 0.311 e. The zero-order valence-corrected chi connectivity index (χ0v) is 9.79. The van der Waals surface area contributed by atoms with E-state index in [4.69, 9.17) is 9.84 Å². The molecular formula is C11H13N3O4. The predicted octanol–water partition coefficient (Wildman–Crippen LogP) is -0.386. The maximum absolute atomic E-state index is 11.8. The van der Waals surface area contributed by atoms with E-state index in [9.17, 15) is 9.59 Å². The van der Waals surface area contributed by atoms with Crippen LogP contribution in [0.25, 0.3) is 0 Å². The Bertz CT molecular complexity index is 460. The summed E-state index contributed by atoms with van der Waals surface area (Å²) in [4.78, 5) is 30.6. The molecule has 1 aromatic heterocycles. The zero-order chi connectivity index (χ0) is 13.1. The highest BCUT2D eigenvalue weighted by molar-refractivity contribution is 5.92. The molecule has 0 saturated carbocycles. The number of carboxylic acid groups (broad SMARTS) is 1. The van der Waals surface area contributed by atoms with Gasteiger partial charge >= 0.3 is 5.97 Å². The zero-order valence-electron chi connectivity index (χ0n) is 9.79. The number of nitrogens with one attached hydrogen (secondary N) is 1. The second-order valence-corrected chi connectivity index (χ2v) is 4.11.